The number of benzene rings is 3. The molecule has 0 atom stereocenters. The molecule has 0 heterocycles. The second-order valence-electron chi connectivity index (χ2n) is 6.05. The largest absolute Gasteiger partial charge is 0.488 e. The third-order valence-corrected chi connectivity index (χ3v) is 4.57. The highest BCUT2D eigenvalue weighted by molar-refractivity contribution is 9.10. The lowest BCUT2D eigenvalue weighted by molar-refractivity contribution is -0.384. The summed E-state index contributed by atoms with van der Waals surface area (Å²) in [5, 5.41) is 20.4. The summed E-state index contributed by atoms with van der Waals surface area (Å²) in [6.07, 6.45) is 1.55. The van der Waals surface area contributed by atoms with Crippen molar-refractivity contribution < 1.29 is 14.1 Å². The molecule has 3 rings (SSSR count). The fraction of sp³-hybridized carbons (Fsp3) is 0.0455. The normalized spacial score (nSPS) is 11.0. The Morgan fingerprint density at radius 1 is 1.17 bits per heavy atom. The van der Waals surface area contributed by atoms with Gasteiger partial charge in [-0.2, -0.15) is 5.26 Å². The predicted molar refractivity (Wildman–Crippen MR) is 111 cm³/mol. The average Bonchev–Trinajstić information content (AvgIpc) is 2.72. The first-order valence-corrected chi connectivity index (χ1v) is 9.29. The van der Waals surface area contributed by atoms with Crippen molar-refractivity contribution in [1.82, 2.24) is 0 Å². The van der Waals surface area contributed by atoms with Crippen LogP contribution in [0.25, 0.3) is 11.6 Å². The first-order valence-electron chi connectivity index (χ1n) is 8.50. The van der Waals surface area contributed by atoms with E-state index in [0.717, 1.165) is 4.47 Å². The molecule has 0 fully saturated rings. The van der Waals surface area contributed by atoms with Crippen molar-refractivity contribution in [3.63, 3.8) is 0 Å². The Morgan fingerprint density at radius 3 is 2.69 bits per heavy atom. The van der Waals surface area contributed by atoms with Gasteiger partial charge in [0.15, 0.2) is 0 Å². The van der Waals surface area contributed by atoms with E-state index in [2.05, 4.69) is 15.9 Å². The molecule has 3 aromatic rings. The van der Waals surface area contributed by atoms with Gasteiger partial charge < -0.3 is 4.74 Å². The van der Waals surface area contributed by atoms with Crippen molar-refractivity contribution in [3.8, 4) is 11.8 Å². The van der Waals surface area contributed by atoms with E-state index in [1.165, 1.54) is 24.3 Å². The summed E-state index contributed by atoms with van der Waals surface area (Å²) in [5.74, 6) is -0.0295. The number of hydrogen-bond donors (Lipinski definition) is 0. The number of nitrogens with zero attached hydrogens (tertiary/aromatic N) is 2. The molecule has 5 nitrogen and oxygen atoms in total. The quantitative estimate of drug-likeness (QED) is 0.195. The predicted octanol–water partition coefficient (Wildman–Crippen LogP) is 6.14. The van der Waals surface area contributed by atoms with Gasteiger partial charge in [0.05, 0.1) is 16.6 Å². The molecule has 0 saturated heterocycles. The molecule has 0 spiro atoms. The van der Waals surface area contributed by atoms with E-state index in [4.69, 9.17) is 4.74 Å². The molecular formula is C22H14BrFN2O3. The van der Waals surface area contributed by atoms with Crippen molar-refractivity contribution in [2.24, 2.45) is 0 Å². The fourth-order valence-electron chi connectivity index (χ4n) is 2.69. The monoisotopic (exact) mass is 452 g/mol. The van der Waals surface area contributed by atoms with Crippen LogP contribution in [-0.4, -0.2) is 4.92 Å². The van der Waals surface area contributed by atoms with Crippen molar-refractivity contribution >= 4 is 33.3 Å². The van der Waals surface area contributed by atoms with Crippen LogP contribution in [0.4, 0.5) is 10.1 Å². The Kier molecular flexibility index (Phi) is 6.37. The number of nitriles is 1. The van der Waals surface area contributed by atoms with E-state index < -0.39 is 10.7 Å². The standard InChI is InChI=1S/C22H14BrFN2O3/c23-18-8-9-22(29-14-15-4-3-5-19(10-15)26(27)28)16(12-18)11-17(13-25)20-6-1-2-7-21(20)24/h1-12H,14H2/b17-11-. The summed E-state index contributed by atoms with van der Waals surface area (Å²) in [7, 11) is 0. The van der Waals surface area contributed by atoms with Crippen molar-refractivity contribution in [2.45, 2.75) is 6.61 Å². The van der Waals surface area contributed by atoms with Gasteiger partial charge in [0.25, 0.3) is 5.69 Å². The van der Waals surface area contributed by atoms with E-state index in [-0.39, 0.29) is 23.4 Å². The molecule has 0 aromatic heterocycles. The highest BCUT2D eigenvalue weighted by Gasteiger charge is 2.11. The number of hydrogen-bond acceptors (Lipinski definition) is 4. The van der Waals surface area contributed by atoms with Gasteiger partial charge in [0.1, 0.15) is 18.2 Å². The van der Waals surface area contributed by atoms with Crippen LogP contribution in [0.2, 0.25) is 0 Å². The third-order valence-electron chi connectivity index (χ3n) is 4.07. The first-order chi connectivity index (χ1) is 14.0. The summed E-state index contributed by atoms with van der Waals surface area (Å²) < 4.78 is 20.7. The molecule has 0 bridgehead atoms. The number of halogens is 2. The molecule has 0 aliphatic heterocycles. The second kappa shape index (κ2) is 9.13. The van der Waals surface area contributed by atoms with Crippen molar-refractivity contribution in [3.05, 3.63) is 104 Å². The van der Waals surface area contributed by atoms with Crippen LogP contribution in [0.1, 0.15) is 16.7 Å². The Morgan fingerprint density at radius 2 is 1.97 bits per heavy atom. The summed E-state index contributed by atoms with van der Waals surface area (Å²) in [6, 6.07) is 19.5. The lowest BCUT2D eigenvalue weighted by Gasteiger charge is -2.11. The zero-order chi connectivity index (χ0) is 20.8. The lowest BCUT2D eigenvalue weighted by Crippen LogP contribution is -1.98. The topological polar surface area (TPSA) is 76.2 Å². The van der Waals surface area contributed by atoms with E-state index in [9.17, 15) is 19.8 Å². The minimum Gasteiger partial charge on any atom is -0.488 e. The van der Waals surface area contributed by atoms with Crippen LogP contribution in [0.3, 0.4) is 0 Å². The van der Waals surface area contributed by atoms with Gasteiger partial charge in [0.2, 0.25) is 0 Å². The Bertz CT molecular complexity index is 1140. The minimum absolute atomic E-state index is 0.0201. The van der Waals surface area contributed by atoms with Gasteiger partial charge in [-0.25, -0.2) is 4.39 Å². The first kappa shape index (κ1) is 20.2. The SMILES string of the molecule is N#C/C(=C/c1cc(Br)ccc1OCc1cccc([N+](=O)[O-])c1)c1ccccc1F. The lowest BCUT2D eigenvalue weighted by atomic mass is 10.0. The van der Waals surface area contributed by atoms with Crippen LogP contribution < -0.4 is 4.74 Å². The van der Waals surface area contributed by atoms with Gasteiger partial charge in [-0.05, 0) is 35.9 Å². The van der Waals surface area contributed by atoms with E-state index in [1.54, 1.807) is 48.5 Å². The maximum atomic E-state index is 14.1. The number of nitro benzene ring substituents is 1. The van der Waals surface area contributed by atoms with Crippen molar-refractivity contribution in [2.75, 3.05) is 0 Å². The summed E-state index contributed by atoms with van der Waals surface area (Å²) in [6.45, 7) is 0.103. The maximum absolute atomic E-state index is 14.1. The molecule has 144 valence electrons. The number of non-ortho nitro benzene ring substituents is 1. The van der Waals surface area contributed by atoms with Gasteiger partial charge in [-0.3, -0.25) is 10.1 Å². The van der Waals surface area contributed by atoms with Gasteiger partial charge in [-0.15, -0.1) is 0 Å². The van der Waals surface area contributed by atoms with Gasteiger partial charge in [0, 0.05) is 27.7 Å². The number of allylic oxidation sites excluding steroid dienone is 1. The molecule has 0 saturated carbocycles. The Labute approximate surface area is 175 Å². The van der Waals surface area contributed by atoms with Crippen LogP contribution in [0, 0.1) is 27.3 Å². The number of rotatable bonds is 6. The van der Waals surface area contributed by atoms with Crippen LogP contribution in [0.15, 0.2) is 71.2 Å². The highest BCUT2D eigenvalue weighted by atomic mass is 79.9. The molecule has 29 heavy (non-hydrogen) atoms. The third kappa shape index (κ3) is 5.06. The molecule has 0 aliphatic carbocycles. The molecule has 0 radical (unpaired) electrons. The summed E-state index contributed by atoms with van der Waals surface area (Å²) in [4.78, 5) is 10.5. The van der Waals surface area contributed by atoms with E-state index >= 15 is 0 Å². The Hall–Kier alpha value is -3.50. The summed E-state index contributed by atoms with van der Waals surface area (Å²) in [5.41, 5.74) is 1.53. The maximum Gasteiger partial charge on any atom is 0.269 e. The number of nitro groups is 1. The molecule has 0 unspecified atom stereocenters. The van der Waals surface area contributed by atoms with Crippen LogP contribution >= 0.6 is 15.9 Å². The van der Waals surface area contributed by atoms with Gasteiger partial charge in [-0.1, -0.05) is 46.3 Å². The summed E-state index contributed by atoms with van der Waals surface area (Å²) >= 11 is 3.38. The average molecular weight is 453 g/mol. The van der Waals surface area contributed by atoms with E-state index in [0.29, 0.717) is 16.9 Å². The second-order valence-corrected chi connectivity index (χ2v) is 6.96. The Balaban J connectivity index is 1.92. The van der Waals surface area contributed by atoms with Crippen molar-refractivity contribution in [1.29, 1.82) is 5.26 Å². The zero-order valence-electron chi connectivity index (χ0n) is 15.0. The molecule has 0 amide bonds. The minimum atomic E-state index is -0.491. The molecule has 7 heteroatoms. The molecule has 3 aromatic carbocycles. The number of ether oxygens (including phenoxy) is 1. The van der Waals surface area contributed by atoms with E-state index in [1.807, 2.05) is 6.07 Å². The van der Waals surface area contributed by atoms with Crippen LogP contribution in [-0.2, 0) is 6.61 Å². The van der Waals surface area contributed by atoms with Crippen LogP contribution in [0.5, 0.6) is 5.75 Å². The smallest absolute Gasteiger partial charge is 0.269 e. The molecular weight excluding hydrogens is 439 g/mol. The fourth-order valence-corrected chi connectivity index (χ4v) is 3.07. The van der Waals surface area contributed by atoms with Gasteiger partial charge >= 0.3 is 0 Å². The zero-order valence-corrected chi connectivity index (χ0v) is 16.6. The highest BCUT2D eigenvalue weighted by Crippen LogP contribution is 2.29. The molecule has 0 aliphatic rings. The molecule has 0 N–H and O–H groups in total.